The van der Waals surface area contributed by atoms with Crippen LogP contribution in [-0.4, -0.2) is 30.3 Å². The van der Waals surface area contributed by atoms with Crippen molar-refractivity contribution >= 4 is 15.8 Å². The first-order valence-electron chi connectivity index (χ1n) is 5.21. The molecule has 3 nitrogen and oxygen atoms in total. The summed E-state index contributed by atoms with van der Waals surface area (Å²) in [7, 11) is 2.63. The van der Waals surface area contributed by atoms with Gasteiger partial charge in [-0.2, -0.15) is 0 Å². The fourth-order valence-corrected chi connectivity index (χ4v) is 2.51. The predicted molar refractivity (Wildman–Crippen MR) is 68.3 cm³/mol. The van der Waals surface area contributed by atoms with Crippen LogP contribution in [-0.2, 0) is 9.47 Å². The van der Waals surface area contributed by atoms with Crippen molar-refractivity contribution in [1.29, 1.82) is 0 Å². The summed E-state index contributed by atoms with van der Waals surface area (Å²) < 4.78 is 15.9. The lowest BCUT2D eigenvalue weighted by Gasteiger charge is -2.13. The zero-order chi connectivity index (χ0) is 11.8. The van der Waals surface area contributed by atoms with Crippen molar-refractivity contribution in [3.05, 3.63) is 36.4 Å². The van der Waals surface area contributed by atoms with E-state index in [1.165, 1.54) is 0 Å². The second-order valence-electron chi connectivity index (χ2n) is 3.31. The number of methoxy groups -OCH3 is 2. The first kappa shape index (κ1) is 13.0. The van der Waals surface area contributed by atoms with Crippen LogP contribution in [0.1, 0.15) is 5.56 Å². The van der Waals surface area contributed by atoms with Crippen molar-refractivity contribution in [3.8, 4) is 5.75 Å². The molecule has 0 saturated carbocycles. The lowest BCUT2D eigenvalue weighted by molar-refractivity contribution is -0.0883. The maximum absolute atomic E-state index is 5.68. The summed E-state index contributed by atoms with van der Waals surface area (Å²) >= 11 is 0. The Hall–Kier alpha value is -1.10. The first-order valence-corrected chi connectivity index (χ1v) is 6.78. The lowest BCUT2D eigenvalue weighted by Crippen LogP contribution is -2.17. The lowest BCUT2D eigenvalue weighted by atomic mass is 10.2. The van der Waals surface area contributed by atoms with Gasteiger partial charge >= 0.3 is 0 Å². The highest BCUT2D eigenvalue weighted by molar-refractivity contribution is 6.28. The molecule has 0 saturated heterocycles. The molecule has 0 aliphatic carbocycles. The van der Waals surface area contributed by atoms with E-state index in [2.05, 4.69) is 6.58 Å². The largest absolute Gasteiger partial charge is 0.549 e. The molecule has 88 valence electrons. The van der Waals surface area contributed by atoms with E-state index in [0.717, 1.165) is 17.4 Å². The summed E-state index contributed by atoms with van der Waals surface area (Å²) in [6, 6.07) is 8.73. The zero-order valence-corrected chi connectivity index (χ0v) is 11.2. The number of benzene rings is 1. The van der Waals surface area contributed by atoms with Crippen molar-refractivity contribution in [2.75, 3.05) is 14.2 Å². The van der Waals surface area contributed by atoms with Crippen molar-refractivity contribution in [2.45, 2.75) is 12.3 Å². The topological polar surface area (TPSA) is 27.7 Å². The third-order valence-corrected chi connectivity index (χ3v) is 3.51. The molecule has 0 amide bonds. The molecule has 0 aromatic heterocycles. The van der Waals surface area contributed by atoms with E-state index < -0.39 is 9.76 Å². The predicted octanol–water partition coefficient (Wildman–Crippen LogP) is 1.83. The SMILES string of the molecule is C=Cc1ccc(O[SiH2]CC(OC)OC)cc1. The molecular weight excluding hydrogens is 220 g/mol. The molecule has 1 rings (SSSR count). The third kappa shape index (κ3) is 4.18. The van der Waals surface area contributed by atoms with Gasteiger partial charge in [0.25, 0.3) is 0 Å². The molecule has 0 spiro atoms. The first-order chi connectivity index (χ1) is 7.80. The number of hydrogen-bond acceptors (Lipinski definition) is 3. The Morgan fingerprint density at radius 3 is 2.38 bits per heavy atom. The van der Waals surface area contributed by atoms with Gasteiger partial charge in [-0.05, 0) is 17.7 Å². The zero-order valence-electron chi connectivity index (χ0n) is 9.81. The van der Waals surface area contributed by atoms with Crippen molar-refractivity contribution in [2.24, 2.45) is 0 Å². The minimum atomic E-state index is -0.651. The van der Waals surface area contributed by atoms with E-state index in [1.807, 2.05) is 30.3 Å². The highest BCUT2D eigenvalue weighted by Gasteiger charge is 2.05. The van der Waals surface area contributed by atoms with Crippen LogP contribution in [0.5, 0.6) is 5.75 Å². The second kappa shape index (κ2) is 7.22. The van der Waals surface area contributed by atoms with Crippen LogP contribution in [0.2, 0.25) is 6.04 Å². The quantitative estimate of drug-likeness (QED) is 0.536. The van der Waals surface area contributed by atoms with Gasteiger partial charge in [0.15, 0.2) is 6.29 Å². The summed E-state index contributed by atoms with van der Waals surface area (Å²) in [6.45, 7) is 3.70. The minimum Gasteiger partial charge on any atom is -0.549 e. The van der Waals surface area contributed by atoms with Crippen LogP contribution >= 0.6 is 0 Å². The normalized spacial score (nSPS) is 11.2. The van der Waals surface area contributed by atoms with Crippen LogP contribution in [0, 0.1) is 0 Å². The van der Waals surface area contributed by atoms with Gasteiger partial charge in [0.2, 0.25) is 9.76 Å². The fraction of sp³-hybridized carbons (Fsp3) is 0.333. The fourth-order valence-electron chi connectivity index (χ4n) is 1.31. The molecule has 0 radical (unpaired) electrons. The smallest absolute Gasteiger partial charge is 0.224 e. The van der Waals surface area contributed by atoms with Gasteiger partial charge in [-0.25, -0.2) is 0 Å². The van der Waals surface area contributed by atoms with Gasteiger partial charge < -0.3 is 13.9 Å². The summed E-state index contributed by atoms with van der Waals surface area (Å²) in [5.74, 6) is 0.906. The van der Waals surface area contributed by atoms with Crippen LogP contribution in [0.25, 0.3) is 6.08 Å². The van der Waals surface area contributed by atoms with Gasteiger partial charge in [0, 0.05) is 20.3 Å². The van der Waals surface area contributed by atoms with E-state index in [-0.39, 0.29) is 6.29 Å². The molecule has 0 atom stereocenters. The van der Waals surface area contributed by atoms with Gasteiger partial charge in [-0.1, -0.05) is 24.8 Å². The molecule has 0 bridgehead atoms. The van der Waals surface area contributed by atoms with Crippen molar-refractivity contribution < 1.29 is 13.9 Å². The summed E-state index contributed by atoms with van der Waals surface area (Å²) in [5, 5.41) is 0. The maximum atomic E-state index is 5.68. The summed E-state index contributed by atoms with van der Waals surface area (Å²) in [5.41, 5.74) is 1.10. The molecule has 0 fully saturated rings. The Balaban J connectivity index is 2.34. The van der Waals surface area contributed by atoms with E-state index in [1.54, 1.807) is 14.2 Å². The van der Waals surface area contributed by atoms with Gasteiger partial charge in [-0.15, -0.1) is 0 Å². The van der Waals surface area contributed by atoms with E-state index in [0.29, 0.717) is 0 Å². The molecule has 0 unspecified atom stereocenters. The Labute approximate surface area is 99.0 Å². The molecule has 1 aromatic carbocycles. The average Bonchev–Trinajstić information content (AvgIpc) is 2.35. The van der Waals surface area contributed by atoms with Gasteiger partial charge in [0.05, 0.1) is 0 Å². The van der Waals surface area contributed by atoms with E-state index in [9.17, 15) is 0 Å². The molecule has 4 heteroatoms. The molecule has 0 aliphatic heterocycles. The minimum absolute atomic E-state index is 0.140. The highest BCUT2D eigenvalue weighted by Crippen LogP contribution is 2.13. The Morgan fingerprint density at radius 2 is 1.88 bits per heavy atom. The monoisotopic (exact) mass is 238 g/mol. The Morgan fingerprint density at radius 1 is 1.25 bits per heavy atom. The average molecular weight is 238 g/mol. The standard InChI is InChI=1S/C12H18O3Si/c1-4-10-5-7-11(8-6-10)15-16-9-12(13-2)14-3/h4-8,12H,1,9,16H2,2-3H3. The summed E-state index contributed by atoms with van der Waals surface area (Å²) in [4.78, 5) is 0. The van der Waals surface area contributed by atoms with Crippen LogP contribution in [0.3, 0.4) is 0 Å². The molecule has 1 aromatic rings. The second-order valence-corrected chi connectivity index (χ2v) is 4.59. The van der Waals surface area contributed by atoms with Crippen LogP contribution < -0.4 is 4.43 Å². The molecule has 0 heterocycles. The van der Waals surface area contributed by atoms with Crippen LogP contribution in [0.4, 0.5) is 0 Å². The van der Waals surface area contributed by atoms with Gasteiger partial charge in [0.1, 0.15) is 5.75 Å². The van der Waals surface area contributed by atoms with E-state index in [4.69, 9.17) is 13.9 Å². The molecule has 16 heavy (non-hydrogen) atoms. The maximum Gasteiger partial charge on any atom is 0.224 e. The summed E-state index contributed by atoms with van der Waals surface area (Å²) in [6.07, 6.45) is 1.67. The molecule has 0 N–H and O–H groups in total. The highest BCUT2D eigenvalue weighted by atomic mass is 28.2. The third-order valence-electron chi connectivity index (χ3n) is 2.26. The Kier molecular flexibility index (Phi) is 5.85. The van der Waals surface area contributed by atoms with Gasteiger partial charge in [-0.3, -0.25) is 0 Å². The molecule has 0 aliphatic rings. The number of ether oxygens (including phenoxy) is 2. The van der Waals surface area contributed by atoms with Crippen LogP contribution in [0.15, 0.2) is 30.8 Å². The number of rotatable bonds is 7. The Bertz CT molecular complexity index is 307. The van der Waals surface area contributed by atoms with Crippen molar-refractivity contribution in [1.82, 2.24) is 0 Å². The van der Waals surface area contributed by atoms with Crippen molar-refractivity contribution in [3.63, 3.8) is 0 Å². The number of hydrogen-bond donors (Lipinski definition) is 0. The van der Waals surface area contributed by atoms with E-state index >= 15 is 0 Å². The molecular formula is C12H18O3Si.